The lowest BCUT2D eigenvalue weighted by molar-refractivity contribution is -0.346. The lowest BCUT2D eigenvalue weighted by atomic mass is 9.44. The molecule has 294 valence electrons. The molecular formula is C44H46O12. The summed E-state index contributed by atoms with van der Waals surface area (Å²) in [4.78, 5) is 69.6. The first-order chi connectivity index (χ1) is 26.5. The van der Waals surface area contributed by atoms with E-state index in [4.69, 9.17) is 23.7 Å². The summed E-state index contributed by atoms with van der Waals surface area (Å²) in [6.07, 6.45) is -4.78. The van der Waals surface area contributed by atoms with E-state index >= 15 is 4.79 Å². The smallest absolute Gasteiger partial charge is 0.338 e. The van der Waals surface area contributed by atoms with Gasteiger partial charge in [0.05, 0.1) is 29.6 Å². The molecule has 1 heterocycles. The monoisotopic (exact) mass is 766 g/mol. The molecule has 0 aromatic heterocycles. The van der Waals surface area contributed by atoms with Crippen molar-refractivity contribution in [3.05, 3.63) is 101 Å². The highest BCUT2D eigenvalue weighted by atomic mass is 16.6. The molecule has 7 rings (SSSR count). The van der Waals surface area contributed by atoms with Gasteiger partial charge in [-0.1, -0.05) is 74.5 Å². The topological polar surface area (TPSA) is 172 Å². The van der Waals surface area contributed by atoms with Gasteiger partial charge in [0.25, 0.3) is 0 Å². The Morgan fingerprint density at radius 1 is 0.875 bits per heavy atom. The third-order valence-electron chi connectivity index (χ3n) is 12.7. The van der Waals surface area contributed by atoms with Crippen LogP contribution in [0.5, 0.6) is 0 Å². The normalized spacial score (nSPS) is 33.2. The van der Waals surface area contributed by atoms with Crippen molar-refractivity contribution in [1.82, 2.24) is 0 Å². The Kier molecular flexibility index (Phi) is 9.83. The molecule has 0 spiro atoms. The SMILES string of the molecule is CC(=O)O[C@H]1C(=O)[C@]2(C)[C@@H](OC(=O)/C=C/c3cccc4ccccc34)C[C@H]3OC[C@@]3(OC(C)=O)[C@H]2[C@H](OC(=O)c2ccccc2)[C@]2(O)C[C@H](O)C(C)=C1C2(C)C. The van der Waals surface area contributed by atoms with Crippen LogP contribution in [0.25, 0.3) is 16.8 Å². The number of ketones is 1. The Morgan fingerprint density at radius 2 is 1.55 bits per heavy atom. The fourth-order valence-electron chi connectivity index (χ4n) is 9.79. The van der Waals surface area contributed by atoms with E-state index in [1.165, 1.54) is 32.1 Å². The second kappa shape index (κ2) is 14.1. The van der Waals surface area contributed by atoms with Crippen molar-refractivity contribution >= 4 is 46.5 Å². The summed E-state index contributed by atoms with van der Waals surface area (Å²) < 4.78 is 30.6. The van der Waals surface area contributed by atoms with Crippen molar-refractivity contribution in [2.45, 2.75) is 96.1 Å². The summed E-state index contributed by atoms with van der Waals surface area (Å²) in [7, 11) is 0. The molecule has 2 saturated carbocycles. The number of aliphatic hydroxyl groups is 2. The zero-order chi connectivity index (χ0) is 40.4. The Bertz CT molecular complexity index is 2170. The van der Waals surface area contributed by atoms with Gasteiger partial charge in [-0.2, -0.15) is 0 Å². The van der Waals surface area contributed by atoms with Crippen molar-refractivity contribution in [3.63, 3.8) is 0 Å². The largest absolute Gasteiger partial charge is 0.458 e. The summed E-state index contributed by atoms with van der Waals surface area (Å²) >= 11 is 0. The number of hydrogen-bond donors (Lipinski definition) is 2. The first-order valence-electron chi connectivity index (χ1n) is 18.7. The van der Waals surface area contributed by atoms with Gasteiger partial charge in [-0.05, 0) is 59.5 Å². The first-order valence-corrected chi connectivity index (χ1v) is 18.7. The molecule has 4 aliphatic rings. The van der Waals surface area contributed by atoms with Gasteiger partial charge in [0, 0.05) is 38.2 Å². The number of aliphatic hydroxyl groups excluding tert-OH is 1. The third-order valence-corrected chi connectivity index (χ3v) is 12.7. The molecule has 3 aliphatic carbocycles. The van der Waals surface area contributed by atoms with Crippen LogP contribution in [0.2, 0.25) is 0 Å². The van der Waals surface area contributed by atoms with Crippen LogP contribution in [0, 0.1) is 16.7 Å². The van der Waals surface area contributed by atoms with Gasteiger partial charge < -0.3 is 33.9 Å². The fraction of sp³-hybridized carbons (Fsp3) is 0.432. The van der Waals surface area contributed by atoms with Crippen LogP contribution < -0.4 is 0 Å². The van der Waals surface area contributed by atoms with E-state index in [-0.39, 0.29) is 36.2 Å². The highest BCUT2D eigenvalue weighted by Crippen LogP contribution is 2.64. The van der Waals surface area contributed by atoms with E-state index < -0.39 is 88.1 Å². The van der Waals surface area contributed by atoms with Crippen molar-refractivity contribution in [2.24, 2.45) is 16.7 Å². The minimum absolute atomic E-state index is 0.119. The lowest BCUT2D eigenvalue weighted by Crippen LogP contribution is -2.82. The number of carbonyl (C=O) groups is 5. The number of Topliss-reactive ketones (excluding diaryl/α,β-unsaturated/α-hetero) is 1. The van der Waals surface area contributed by atoms with Crippen LogP contribution in [-0.4, -0.2) is 88.2 Å². The molecule has 1 aliphatic heterocycles. The van der Waals surface area contributed by atoms with Crippen LogP contribution in [0.3, 0.4) is 0 Å². The van der Waals surface area contributed by atoms with Gasteiger partial charge >= 0.3 is 23.9 Å². The maximum atomic E-state index is 15.7. The van der Waals surface area contributed by atoms with Gasteiger partial charge in [-0.25, -0.2) is 9.59 Å². The number of fused-ring (bicyclic) bond motifs is 6. The van der Waals surface area contributed by atoms with Crippen molar-refractivity contribution in [1.29, 1.82) is 0 Å². The fourth-order valence-corrected chi connectivity index (χ4v) is 9.79. The average Bonchev–Trinajstić information content (AvgIpc) is 3.15. The Hall–Kier alpha value is -5.17. The van der Waals surface area contributed by atoms with E-state index in [9.17, 15) is 29.4 Å². The summed E-state index contributed by atoms with van der Waals surface area (Å²) in [6.45, 7) is 8.40. The van der Waals surface area contributed by atoms with Gasteiger partial charge in [0.15, 0.2) is 17.5 Å². The molecule has 3 aromatic rings. The molecular weight excluding hydrogens is 720 g/mol. The van der Waals surface area contributed by atoms with Crippen LogP contribution >= 0.6 is 0 Å². The molecule has 2 bridgehead atoms. The molecule has 0 unspecified atom stereocenters. The van der Waals surface area contributed by atoms with Crippen molar-refractivity contribution in [2.75, 3.05) is 6.61 Å². The molecule has 9 atom stereocenters. The maximum absolute atomic E-state index is 15.7. The summed E-state index contributed by atoms with van der Waals surface area (Å²) in [5.74, 6) is -5.46. The molecule has 0 radical (unpaired) electrons. The summed E-state index contributed by atoms with van der Waals surface area (Å²) in [5.41, 5.74) is -6.13. The second-order valence-corrected chi connectivity index (χ2v) is 16.1. The van der Waals surface area contributed by atoms with Crippen LogP contribution in [0.4, 0.5) is 0 Å². The zero-order valence-electron chi connectivity index (χ0n) is 32.1. The Balaban J connectivity index is 1.43. The van der Waals surface area contributed by atoms with Crippen LogP contribution in [0.15, 0.2) is 90.0 Å². The number of carbonyl (C=O) groups excluding carboxylic acids is 5. The molecule has 12 nitrogen and oxygen atoms in total. The number of esters is 4. The van der Waals surface area contributed by atoms with Crippen molar-refractivity contribution < 1.29 is 57.9 Å². The molecule has 56 heavy (non-hydrogen) atoms. The molecule has 3 fully saturated rings. The lowest BCUT2D eigenvalue weighted by Gasteiger charge is -2.67. The van der Waals surface area contributed by atoms with E-state index in [0.29, 0.717) is 0 Å². The van der Waals surface area contributed by atoms with Gasteiger partial charge in [-0.15, -0.1) is 0 Å². The highest BCUT2D eigenvalue weighted by molar-refractivity contribution is 5.97. The summed E-state index contributed by atoms with van der Waals surface area (Å²) in [6, 6.07) is 21.4. The molecule has 12 heteroatoms. The third kappa shape index (κ3) is 6.05. The minimum Gasteiger partial charge on any atom is -0.458 e. The maximum Gasteiger partial charge on any atom is 0.338 e. The van der Waals surface area contributed by atoms with Crippen molar-refractivity contribution in [3.8, 4) is 0 Å². The van der Waals surface area contributed by atoms with Crippen LogP contribution in [-0.2, 0) is 42.9 Å². The molecule has 0 amide bonds. The average molecular weight is 767 g/mol. The zero-order valence-corrected chi connectivity index (χ0v) is 32.1. The minimum atomic E-state index is -2.20. The Morgan fingerprint density at radius 3 is 2.21 bits per heavy atom. The molecule has 1 saturated heterocycles. The number of benzene rings is 3. The summed E-state index contributed by atoms with van der Waals surface area (Å²) in [5, 5.41) is 26.7. The first kappa shape index (κ1) is 39.1. The van der Waals surface area contributed by atoms with Gasteiger partial charge in [0.2, 0.25) is 0 Å². The molecule has 3 aromatic carbocycles. The number of rotatable bonds is 7. The highest BCUT2D eigenvalue weighted by Gasteiger charge is 2.79. The van der Waals surface area contributed by atoms with E-state index in [1.54, 1.807) is 45.0 Å². The predicted octanol–water partition coefficient (Wildman–Crippen LogP) is 5.07. The number of hydrogen-bond acceptors (Lipinski definition) is 12. The van der Waals surface area contributed by atoms with Crippen LogP contribution in [0.1, 0.15) is 70.3 Å². The predicted molar refractivity (Wildman–Crippen MR) is 202 cm³/mol. The van der Waals surface area contributed by atoms with Gasteiger partial charge in [0.1, 0.15) is 23.9 Å². The second-order valence-electron chi connectivity index (χ2n) is 16.1. The number of ether oxygens (including phenoxy) is 5. The quantitative estimate of drug-likeness (QED) is 0.142. The Labute approximate surface area is 324 Å². The van der Waals surface area contributed by atoms with E-state index in [0.717, 1.165) is 23.3 Å². The van der Waals surface area contributed by atoms with E-state index in [1.807, 2.05) is 42.5 Å². The molecule has 2 N–H and O–H groups in total. The van der Waals surface area contributed by atoms with Gasteiger partial charge in [-0.3, -0.25) is 14.4 Å². The standard InChI is InChI=1S/C44H46O12/c1-24-31(47)22-44(51)39(55-40(50)29-14-8-7-9-15-29)37-42(6,38(49)36(53-25(2)45)35(24)41(44,4)5)32(21-33-43(37,23-52-33)56-26(3)46)54-34(48)20-19-28-17-12-16-27-13-10-11-18-30(27)28/h7-20,31-33,36-37,39,47,51H,21-23H2,1-6H3/b20-19+/t31-,32-,33+,36+,37-,39-,42+,43-,44+/m0/s1. The van der Waals surface area contributed by atoms with E-state index in [2.05, 4.69) is 0 Å².